The number of fused-ring (bicyclic) bond motifs is 1. The Kier molecular flexibility index (Phi) is 5.28. The van der Waals surface area contributed by atoms with Crippen molar-refractivity contribution in [2.24, 2.45) is 0 Å². The summed E-state index contributed by atoms with van der Waals surface area (Å²) in [6.45, 7) is 4.73. The summed E-state index contributed by atoms with van der Waals surface area (Å²) >= 11 is 0. The average molecular weight is 338 g/mol. The summed E-state index contributed by atoms with van der Waals surface area (Å²) in [5.41, 5.74) is 1.79. The second kappa shape index (κ2) is 7.79. The Labute approximate surface area is 146 Å². The van der Waals surface area contributed by atoms with Crippen LogP contribution < -0.4 is 10.1 Å². The molecule has 0 aliphatic carbocycles. The van der Waals surface area contributed by atoms with E-state index >= 15 is 0 Å². The Hall–Kier alpha value is -2.89. The highest BCUT2D eigenvalue weighted by Gasteiger charge is 2.17. The predicted octanol–water partition coefficient (Wildman–Crippen LogP) is 2.89. The quantitative estimate of drug-likeness (QED) is 0.673. The molecular formula is C19H22N4O2. The minimum Gasteiger partial charge on any atom is -0.489 e. The molecule has 1 atom stereocenters. The van der Waals surface area contributed by atoms with Crippen LogP contribution in [0.5, 0.6) is 5.75 Å². The summed E-state index contributed by atoms with van der Waals surface area (Å²) in [5, 5.41) is 8.09. The van der Waals surface area contributed by atoms with Gasteiger partial charge in [0.25, 0.3) is 0 Å². The summed E-state index contributed by atoms with van der Waals surface area (Å²) in [7, 11) is 0. The number of aryl methyl sites for hydroxylation is 1. The smallest absolute Gasteiger partial charge is 0.244 e. The van der Waals surface area contributed by atoms with Crippen molar-refractivity contribution < 1.29 is 9.53 Å². The van der Waals surface area contributed by atoms with E-state index in [0.717, 1.165) is 22.3 Å². The fraction of sp³-hybridized carbons (Fsp3) is 0.316. The van der Waals surface area contributed by atoms with Gasteiger partial charge in [-0.25, -0.2) is 4.98 Å². The van der Waals surface area contributed by atoms with E-state index in [4.69, 9.17) is 4.74 Å². The Morgan fingerprint density at radius 1 is 1.28 bits per heavy atom. The molecule has 2 aromatic heterocycles. The van der Waals surface area contributed by atoms with E-state index in [0.29, 0.717) is 19.6 Å². The number of nitrogens with zero attached hydrogens (tertiary/aromatic N) is 3. The highest BCUT2D eigenvalue weighted by atomic mass is 16.5. The first-order valence-corrected chi connectivity index (χ1v) is 8.45. The molecule has 3 aromatic rings. The highest BCUT2D eigenvalue weighted by molar-refractivity contribution is 5.84. The second-order valence-electron chi connectivity index (χ2n) is 5.83. The fourth-order valence-corrected chi connectivity index (χ4v) is 2.74. The van der Waals surface area contributed by atoms with E-state index < -0.39 is 0 Å². The number of benzene rings is 1. The van der Waals surface area contributed by atoms with Crippen LogP contribution >= 0.6 is 0 Å². The van der Waals surface area contributed by atoms with Crippen LogP contribution in [0.25, 0.3) is 10.9 Å². The van der Waals surface area contributed by atoms with Gasteiger partial charge in [0.15, 0.2) is 0 Å². The number of ether oxygens (including phenoxy) is 1. The fourth-order valence-electron chi connectivity index (χ4n) is 2.74. The molecule has 0 aliphatic rings. The number of carbonyl (C=O) groups excluding carboxylic acids is 1. The second-order valence-corrected chi connectivity index (χ2v) is 5.83. The molecule has 6 heteroatoms. The van der Waals surface area contributed by atoms with E-state index in [1.807, 2.05) is 50.2 Å². The number of nitrogens with one attached hydrogen (secondary N) is 1. The molecule has 0 spiro atoms. The molecule has 25 heavy (non-hydrogen) atoms. The molecule has 1 aromatic carbocycles. The standard InChI is InChI=1S/C19H22N4O2/c1-3-16(23-12-5-10-21-23)19(24)20-11-13-25-17-7-4-6-15-9-8-14(2)22-18(15)17/h4-10,12,16H,3,11,13H2,1-2H3,(H,20,24)/t16-/m1/s1. The summed E-state index contributed by atoms with van der Waals surface area (Å²) in [6.07, 6.45) is 4.16. The van der Waals surface area contributed by atoms with Gasteiger partial charge in [-0.2, -0.15) is 5.10 Å². The zero-order valence-electron chi connectivity index (χ0n) is 14.5. The monoisotopic (exact) mass is 338 g/mol. The van der Waals surface area contributed by atoms with Gasteiger partial charge in [-0.05, 0) is 31.5 Å². The van der Waals surface area contributed by atoms with E-state index in [1.54, 1.807) is 17.1 Å². The van der Waals surface area contributed by atoms with Crippen LogP contribution in [0.2, 0.25) is 0 Å². The number of amides is 1. The van der Waals surface area contributed by atoms with Crippen LogP contribution in [-0.4, -0.2) is 33.8 Å². The van der Waals surface area contributed by atoms with Crippen LogP contribution in [0.4, 0.5) is 0 Å². The molecule has 130 valence electrons. The molecule has 1 amide bonds. The largest absolute Gasteiger partial charge is 0.489 e. The third-order valence-electron chi connectivity index (χ3n) is 4.01. The predicted molar refractivity (Wildman–Crippen MR) is 96.5 cm³/mol. The molecule has 0 unspecified atom stereocenters. The van der Waals surface area contributed by atoms with Gasteiger partial charge in [-0.15, -0.1) is 0 Å². The highest BCUT2D eigenvalue weighted by Crippen LogP contribution is 2.23. The van der Waals surface area contributed by atoms with Crippen molar-refractivity contribution in [3.63, 3.8) is 0 Å². The van der Waals surface area contributed by atoms with Crippen LogP contribution in [-0.2, 0) is 4.79 Å². The van der Waals surface area contributed by atoms with Crippen molar-refractivity contribution >= 4 is 16.8 Å². The van der Waals surface area contributed by atoms with E-state index in [9.17, 15) is 4.79 Å². The van der Waals surface area contributed by atoms with Gasteiger partial charge in [0, 0.05) is 23.5 Å². The van der Waals surface area contributed by atoms with Gasteiger partial charge < -0.3 is 10.1 Å². The summed E-state index contributed by atoms with van der Waals surface area (Å²) in [4.78, 5) is 16.8. The van der Waals surface area contributed by atoms with Crippen LogP contribution in [0.3, 0.4) is 0 Å². The molecule has 6 nitrogen and oxygen atoms in total. The van der Waals surface area contributed by atoms with Gasteiger partial charge >= 0.3 is 0 Å². The van der Waals surface area contributed by atoms with E-state index in [-0.39, 0.29) is 11.9 Å². The Bertz CT molecular complexity index is 846. The van der Waals surface area contributed by atoms with Crippen molar-refractivity contribution in [3.05, 3.63) is 54.5 Å². The number of hydrogen-bond acceptors (Lipinski definition) is 4. The third kappa shape index (κ3) is 3.96. The molecule has 0 radical (unpaired) electrons. The number of para-hydroxylation sites is 1. The zero-order chi connectivity index (χ0) is 17.6. The van der Waals surface area contributed by atoms with Crippen molar-refractivity contribution in [1.29, 1.82) is 0 Å². The average Bonchev–Trinajstić information content (AvgIpc) is 3.14. The molecule has 0 bridgehead atoms. The lowest BCUT2D eigenvalue weighted by Gasteiger charge is -2.16. The first-order chi connectivity index (χ1) is 12.2. The minimum absolute atomic E-state index is 0.0540. The first-order valence-electron chi connectivity index (χ1n) is 8.45. The summed E-state index contributed by atoms with van der Waals surface area (Å²) < 4.78 is 7.50. The first kappa shape index (κ1) is 17.0. The van der Waals surface area contributed by atoms with Gasteiger partial charge in [-0.3, -0.25) is 9.48 Å². The number of rotatable bonds is 7. The topological polar surface area (TPSA) is 69.0 Å². The van der Waals surface area contributed by atoms with Crippen LogP contribution in [0, 0.1) is 6.92 Å². The van der Waals surface area contributed by atoms with E-state index in [2.05, 4.69) is 15.4 Å². The van der Waals surface area contributed by atoms with Gasteiger partial charge in [0.2, 0.25) is 5.91 Å². The van der Waals surface area contributed by atoms with Crippen LogP contribution in [0.15, 0.2) is 48.8 Å². The van der Waals surface area contributed by atoms with Gasteiger partial charge in [-0.1, -0.05) is 25.1 Å². The molecule has 1 N–H and O–H groups in total. The molecule has 0 saturated heterocycles. The molecule has 0 fully saturated rings. The lowest BCUT2D eigenvalue weighted by Crippen LogP contribution is -2.35. The van der Waals surface area contributed by atoms with E-state index in [1.165, 1.54) is 0 Å². The Balaban J connectivity index is 1.57. The van der Waals surface area contributed by atoms with Crippen molar-refractivity contribution in [1.82, 2.24) is 20.1 Å². The number of pyridine rings is 1. The molecule has 0 aliphatic heterocycles. The van der Waals surface area contributed by atoms with Gasteiger partial charge in [0.1, 0.15) is 23.9 Å². The number of aromatic nitrogens is 3. The van der Waals surface area contributed by atoms with Crippen LogP contribution in [0.1, 0.15) is 25.1 Å². The summed E-state index contributed by atoms with van der Waals surface area (Å²) in [6, 6.07) is 11.4. The molecular weight excluding hydrogens is 316 g/mol. The van der Waals surface area contributed by atoms with Crippen molar-refractivity contribution in [3.8, 4) is 5.75 Å². The maximum atomic E-state index is 12.3. The molecule has 3 rings (SSSR count). The lowest BCUT2D eigenvalue weighted by molar-refractivity contribution is -0.124. The minimum atomic E-state index is -0.295. The van der Waals surface area contributed by atoms with Crippen molar-refractivity contribution in [2.75, 3.05) is 13.2 Å². The number of hydrogen-bond donors (Lipinski definition) is 1. The Morgan fingerprint density at radius 2 is 2.16 bits per heavy atom. The maximum absolute atomic E-state index is 12.3. The Morgan fingerprint density at radius 3 is 2.92 bits per heavy atom. The molecule has 0 saturated carbocycles. The van der Waals surface area contributed by atoms with Gasteiger partial charge in [0.05, 0.1) is 6.54 Å². The SMILES string of the molecule is CC[C@H](C(=O)NCCOc1cccc2ccc(C)nc12)n1cccn1. The van der Waals surface area contributed by atoms with Crippen molar-refractivity contribution in [2.45, 2.75) is 26.3 Å². The summed E-state index contributed by atoms with van der Waals surface area (Å²) in [5.74, 6) is 0.677. The zero-order valence-corrected chi connectivity index (χ0v) is 14.5. The lowest BCUT2D eigenvalue weighted by atomic mass is 10.2. The third-order valence-corrected chi connectivity index (χ3v) is 4.01. The maximum Gasteiger partial charge on any atom is 0.244 e. The normalized spacial score (nSPS) is 12.1. The molecule has 2 heterocycles. The number of carbonyl (C=O) groups is 1.